The average molecular weight is 879 g/mol. The number of unbranched alkanes of at least 4 members (excludes halogenated alkanes) is 41. The second-order valence-electron chi connectivity index (χ2n) is 19.6. The van der Waals surface area contributed by atoms with E-state index >= 15 is 0 Å². The molecule has 0 aromatic heterocycles. The number of hydrogen-bond donors (Lipinski definition) is 5. The van der Waals surface area contributed by atoms with E-state index in [-0.39, 0.29) is 0 Å². The van der Waals surface area contributed by atoms with Gasteiger partial charge in [0.15, 0.2) is 0 Å². The maximum atomic E-state index is 12.5. The summed E-state index contributed by atoms with van der Waals surface area (Å²) >= 11 is 0. The molecule has 0 aliphatic rings. The molecular formula is C56H111NO5. The van der Waals surface area contributed by atoms with Crippen molar-refractivity contribution in [1.82, 2.24) is 5.32 Å². The third-order valence-electron chi connectivity index (χ3n) is 13.5. The van der Waals surface area contributed by atoms with Crippen LogP contribution in [0.1, 0.15) is 309 Å². The first-order chi connectivity index (χ1) is 30.5. The molecule has 1 amide bonds. The molecule has 0 fully saturated rings. The Hall–Kier alpha value is -0.950. The number of aliphatic hydroxyl groups is 4. The molecule has 0 saturated heterocycles. The lowest BCUT2D eigenvalue weighted by atomic mass is 9.99. The summed E-state index contributed by atoms with van der Waals surface area (Å²) in [6, 6.07) is -0.988. The van der Waals surface area contributed by atoms with Crippen molar-refractivity contribution in [3.63, 3.8) is 0 Å². The van der Waals surface area contributed by atoms with Crippen LogP contribution in [0.3, 0.4) is 0 Å². The van der Waals surface area contributed by atoms with Gasteiger partial charge in [-0.1, -0.05) is 283 Å². The van der Waals surface area contributed by atoms with Crippen molar-refractivity contribution in [3.8, 4) is 0 Å². The molecule has 6 nitrogen and oxygen atoms in total. The van der Waals surface area contributed by atoms with E-state index in [1.165, 1.54) is 231 Å². The second-order valence-corrected chi connectivity index (χ2v) is 19.6. The fraction of sp³-hybridized carbons (Fsp3) is 0.946. The van der Waals surface area contributed by atoms with Gasteiger partial charge in [0.05, 0.1) is 18.8 Å². The van der Waals surface area contributed by atoms with Gasteiger partial charge in [-0.15, -0.1) is 0 Å². The SMILES string of the molecule is CCCCCCCCC/C=C\CCCCCCC(O)C(=O)NC(CO)C(O)C(O)CCCCCCCCCCCCCCCCCCCCCCCCCCCCCCCCC. The molecule has 62 heavy (non-hydrogen) atoms. The predicted molar refractivity (Wildman–Crippen MR) is 270 cm³/mol. The minimum atomic E-state index is -1.26. The van der Waals surface area contributed by atoms with E-state index in [9.17, 15) is 25.2 Å². The molecule has 370 valence electrons. The van der Waals surface area contributed by atoms with E-state index in [1.807, 2.05) is 0 Å². The number of carbonyl (C=O) groups excluding carboxylic acids is 1. The van der Waals surface area contributed by atoms with Crippen LogP contribution in [0.25, 0.3) is 0 Å². The van der Waals surface area contributed by atoms with E-state index in [2.05, 4.69) is 31.3 Å². The predicted octanol–water partition coefficient (Wildman–Crippen LogP) is 16.1. The standard InChI is InChI=1S/C56H111NO5/c1-3-5-7-9-11-13-15-17-19-20-21-22-23-24-25-26-27-28-29-30-31-32-33-34-36-37-39-41-43-45-47-49-53(59)55(61)52(51-58)57-56(62)54(60)50-48-46-44-42-40-38-35-18-16-14-12-10-8-6-4-2/h35,38,52-55,58-61H,3-34,36-37,39-51H2,1-2H3,(H,57,62)/b38-35-. The van der Waals surface area contributed by atoms with Crippen molar-refractivity contribution in [2.75, 3.05) is 6.61 Å². The summed E-state index contributed by atoms with van der Waals surface area (Å²) in [5.41, 5.74) is 0. The van der Waals surface area contributed by atoms with Gasteiger partial charge in [-0.05, 0) is 38.5 Å². The van der Waals surface area contributed by atoms with Crippen LogP contribution in [0, 0.1) is 0 Å². The lowest BCUT2D eigenvalue weighted by molar-refractivity contribution is -0.132. The minimum absolute atomic E-state index is 0.358. The summed E-state index contributed by atoms with van der Waals surface area (Å²) < 4.78 is 0. The number of hydrogen-bond acceptors (Lipinski definition) is 5. The monoisotopic (exact) mass is 878 g/mol. The highest BCUT2D eigenvalue weighted by molar-refractivity contribution is 5.80. The third-order valence-corrected chi connectivity index (χ3v) is 13.5. The van der Waals surface area contributed by atoms with Crippen LogP contribution in [0.2, 0.25) is 0 Å². The molecule has 0 rings (SSSR count). The number of amides is 1. The molecule has 0 bridgehead atoms. The fourth-order valence-corrected chi connectivity index (χ4v) is 9.05. The minimum Gasteiger partial charge on any atom is -0.394 e. The Morgan fingerprint density at radius 3 is 0.935 bits per heavy atom. The molecule has 0 aromatic carbocycles. The van der Waals surface area contributed by atoms with Gasteiger partial charge in [0.2, 0.25) is 5.91 Å². The van der Waals surface area contributed by atoms with Crippen LogP contribution in [-0.4, -0.2) is 57.3 Å². The van der Waals surface area contributed by atoms with Gasteiger partial charge in [0.1, 0.15) is 12.2 Å². The Bertz CT molecular complexity index is 898. The number of rotatable bonds is 52. The largest absolute Gasteiger partial charge is 0.394 e. The molecule has 0 heterocycles. The van der Waals surface area contributed by atoms with Gasteiger partial charge in [-0.25, -0.2) is 0 Å². The van der Waals surface area contributed by atoms with Gasteiger partial charge < -0.3 is 25.7 Å². The van der Waals surface area contributed by atoms with Gasteiger partial charge >= 0.3 is 0 Å². The average Bonchev–Trinajstić information content (AvgIpc) is 3.28. The summed E-state index contributed by atoms with van der Waals surface area (Å²) in [5.74, 6) is -0.588. The number of nitrogens with one attached hydrogen (secondary N) is 1. The first kappa shape index (κ1) is 61.0. The van der Waals surface area contributed by atoms with Crippen LogP contribution >= 0.6 is 0 Å². The van der Waals surface area contributed by atoms with Crippen molar-refractivity contribution in [3.05, 3.63) is 12.2 Å². The first-order valence-corrected chi connectivity index (χ1v) is 28.1. The van der Waals surface area contributed by atoms with Crippen LogP contribution < -0.4 is 5.32 Å². The molecule has 0 radical (unpaired) electrons. The Labute approximate surface area is 387 Å². The summed E-state index contributed by atoms with van der Waals surface area (Å²) in [6.45, 7) is 4.07. The maximum absolute atomic E-state index is 12.5. The smallest absolute Gasteiger partial charge is 0.249 e. The number of aliphatic hydroxyl groups excluding tert-OH is 4. The van der Waals surface area contributed by atoms with Crippen molar-refractivity contribution in [2.45, 2.75) is 334 Å². The summed E-state index contributed by atoms with van der Waals surface area (Å²) in [7, 11) is 0. The van der Waals surface area contributed by atoms with Gasteiger partial charge in [0.25, 0.3) is 0 Å². The molecular weight excluding hydrogens is 767 g/mol. The topological polar surface area (TPSA) is 110 Å². The van der Waals surface area contributed by atoms with Gasteiger partial charge in [0, 0.05) is 0 Å². The van der Waals surface area contributed by atoms with Crippen molar-refractivity contribution >= 4 is 5.91 Å². The van der Waals surface area contributed by atoms with Crippen LogP contribution in [0.5, 0.6) is 0 Å². The molecule has 4 unspecified atom stereocenters. The van der Waals surface area contributed by atoms with E-state index in [4.69, 9.17) is 0 Å². The highest BCUT2D eigenvalue weighted by atomic mass is 16.3. The lowest BCUT2D eigenvalue weighted by Gasteiger charge is -2.27. The van der Waals surface area contributed by atoms with Crippen molar-refractivity contribution in [2.24, 2.45) is 0 Å². The van der Waals surface area contributed by atoms with Crippen LogP contribution in [0.15, 0.2) is 12.2 Å². The van der Waals surface area contributed by atoms with E-state index in [0.29, 0.717) is 12.8 Å². The highest BCUT2D eigenvalue weighted by Crippen LogP contribution is 2.18. The van der Waals surface area contributed by atoms with Gasteiger partial charge in [-0.3, -0.25) is 4.79 Å². The summed E-state index contributed by atoms with van der Waals surface area (Å²) in [4.78, 5) is 12.5. The summed E-state index contributed by atoms with van der Waals surface area (Å²) in [5, 5.41) is 43.9. The van der Waals surface area contributed by atoms with Crippen molar-refractivity contribution in [1.29, 1.82) is 0 Å². The van der Waals surface area contributed by atoms with E-state index in [1.54, 1.807) is 0 Å². The van der Waals surface area contributed by atoms with Gasteiger partial charge in [-0.2, -0.15) is 0 Å². The molecule has 0 aromatic rings. The Morgan fingerprint density at radius 1 is 0.387 bits per heavy atom. The normalized spacial score (nSPS) is 13.8. The Kier molecular flexibility index (Phi) is 50.3. The Morgan fingerprint density at radius 2 is 0.645 bits per heavy atom. The number of allylic oxidation sites excluding steroid dienone is 2. The third kappa shape index (κ3) is 44.3. The molecule has 0 saturated carbocycles. The quantitative estimate of drug-likeness (QED) is 0.0309. The maximum Gasteiger partial charge on any atom is 0.249 e. The molecule has 0 spiro atoms. The molecule has 6 heteroatoms. The first-order valence-electron chi connectivity index (χ1n) is 28.1. The van der Waals surface area contributed by atoms with Crippen molar-refractivity contribution < 1.29 is 25.2 Å². The fourth-order valence-electron chi connectivity index (χ4n) is 9.05. The van der Waals surface area contributed by atoms with E-state index < -0.39 is 36.9 Å². The molecule has 4 atom stereocenters. The summed E-state index contributed by atoms with van der Waals surface area (Å²) in [6.07, 6.45) is 60.0. The molecule has 0 aliphatic heterocycles. The zero-order valence-electron chi connectivity index (χ0n) is 41.9. The Balaban J connectivity index is 3.55. The van der Waals surface area contributed by atoms with Crippen LogP contribution in [-0.2, 0) is 4.79 Å². The zero-order valence-corrected chi connectivity index (χ0v) is 41.9. The van der Waals surface area contributed by atoms with E-state index in [0.717, 1.165) is 51.4 Å². The second kappa shape index (κ2) is 51.0. The molecule has 5 N–H and O–H groups in total. The molecule has 0 aliphatic carbocycles. The highest BCUT2D eigenvalue weighted by Gasteiger charge is 2.28. The number of carbonyl (C=O) groups is 1. The lowest BCUT2D eigenvalue weighted by Crippen LogP contribution is -2.53. The zero-order chi connectivity index (χ0) is 45.2. The van der Waals surface area contributed by atoms with Crippen LogP contribution in [0.4, 0.5) is 0 Å².